The van der Waals surface area contributed by atoms with E-state index >= 15 is 0 Å². The molecule has 2 heterocycles. The van der Waals surface area contributed by atoms with Gasteiger partial charge >= 0.3 is 0 Å². The molecule has 0 unspecified atom stereocenters. The van der Waals surface area contributed by atoms with E-state index in [-0.39, 0.29) is 17.3 Å². The Kier molecular flexibility index (Phi) is 6.10. The monoisotopic (exact) mass is 404 g/mol. The Hall–Kier alpha value is -2.42. The number of anilines is 1. The molecule has 27 heavy (non-hydrogen) atoms. The van der Waals surface area contributed by atoms with Gasteiger partial charge in [0.1, 0.15) is 5.76 Å². The van der Waals surface area contributed by atoms with Gasteiger partial charge in [0, 0.05) is 23.4 Å². The molecule has 0 bridgehead atoms. The molecular formula is C19H20N2O4S2. The first-order chi connectivity index (χ1) is 12.9. The summed E-state index contributed by atoms with van der Waals surface area (Å²) in [5.41, 5.74) is 0.456. The number of benzene rings is 1. The second-order valence-electron chi connectivity index (χ2n) is 6.15. The molecule has 2 aromatic heterocycles. The highest BCUT2D eigenvalue weighted by atomic mass is 32.2. The van der Waals surface area contributed by atoms with Crippen LogP contribution in [0.4, 0.5) is 5.69 Å². The lowest BCUT2D eigenvalue weighted by Gasteiger charge is -2.20. The highest BCUT2D eigenvalue weighted by molar-refractivity contribution is 7.90. The summed E-state index contributed by atoms with van der Waals surface area (Å²) in [6, 6.07) is 13.9. The smallest absolute Gasteiger partial charge is 0.238 e. The van der Waals surface area contributed by atoms with Gasteiger partial charge in [0.15, 0.2) is 9.84 Å². The Morgan fingerprint density at radius 2 is 2.00 bits per heavy atom. The lowest BCUT2D eigenvalue weighted by molar-refractivity contribution is -0.117. The summed E-state index contributed by atoms with van der Waals surface area (Å²) in [5.74, 6) is 0.558. The molecule has 0 aliphatic rings. The van der Waals surface area contributed by atoms with E-state index in [0.717, 1.165) is 16.9 Å². The lowest BCUT2D eigenvalue weighted by atomic mass is 10.3. The largest absolute Gasteiger partial charge is 0.468 e. The Morgan fingerprint density at radius 3 is 2.67 bits per heavy atom. The molecule has 0 radical (unpaired) electrons. The van der Waals surface area contributed by atoms with Gasteiger partial charge in [0.2, 0.25) is 5.91 Å². The molecule has 0 fully saturated rings. The van der Waals surface area contributed by atoms with Crippen LogP contribution in [0.25, 0.3) is 0 Å². The van der Waals surface area contributed by atoms with Crippen LogP contribution in [0.3, 0.4) is 0 Å². The van der Waals surface area contributed by atoms with E-state index in [0.29, 0.717) is 18.8 Å². The Balaban J connectivity index is 1.68. The van der Waals surface area contributed by atoms with Gasteiger partial charge in [-0.25, -0.2) is 8.42 Å². The summed E-state index contributed by atoms with van der Waals surface area (Å²) >= 11 is 1.63. The molecule has 3 rings (SSSR count). The van der Waals surface area contributed by atoms with Crippen LogP contribution in [-0.2, 0) is 27.7 Å². The van der Waals surface area contributed by atoms with E-state index in [9.17, 15) is 13.2 Å². The summed E-state index contributed by atoms with van der Waals surface area (Å²) in [5, 5.41) is 4.77. The molecule has 0 aliphatic heterocycles. The number of furan rings is 1. The van der Waals surface area contributed by atoms with Gasteiger partial charge in [-0.1, -0.05) is 12.1 Å². The van der Waals surface area contributed by atoms with E-state index in [1.165, 1.54) is 12.1 Å². The fourth-order valence-corrected chi connectivity index (χ4v) is 4.03. The third-order valence-electron chi connectivity index (χ3n) is 3.83. The van der Waals surface area contributed by atoms with Gasteiger partial charge in [-0.05, 0) is 41.8 Å². The number of nitrogens with zero attached hydrogens (tertiary/aromatic N) is 1. The molecule has 0 atom stereocenters. The number of sulfone groups is 1. The Bertz CT molecular complexity index is 944. The van der Waals surface area contributed by atoms with Crippen molar-refractivity contribution in [1.29, 1.82) is 0 Å². The zero-order valence-corrected chi connectivity index (χ0v) is 16.4. The third-order valence-corrected chi connectivity index (χ3v) is 5.80. The van der Waals surface area contributed by atoms with Crippen molar-refractivity contribution in [2.45, 2.75) is 18.0 Å². The van der Waals surface area contributed by atoms with Crippen molar-refractivity contribution in [3.63, 3.8) is 0 Å². The normalized spacial score (nSPS) is 11.6. The van der Waals surface area contributed by atoms with Gasteiger partial charge in [-0.2, -0.15) is 0 Å². The third kappa shape index (κ3) is 5.78. The van der Waals surface area contributed by atoms with Crippen LogP contribution in [0.1, 0.15) is 10.6 Å². The van der Waals surface area contributed by atoms with Crippen LogP contribution >= 0.6 is 11.3 Å². The molecule has 0 saturated heterocycles. The molecule has 6 nitrogen and oxygen atoms in total. The number of nitrogens with one attached hydrogen (secondary N) is 1. The number of amides is 1. The first kappa shape index (κ1) is 19.3. The van der Waals surface area contributed by atoms with Gasteiger partial charge in [-0.3, -0.25) is 9.69 Å². The first-order valence-corrected chi connectivity index (χ1v) is 11.0. The van der Waals surface area contributed by atoms with Crippen LogP contribution in [0.15, 0.2) is 69.5 Å². The van der Waals surface area contributed by atoms with Crippen LogP contribution < -0.4 is 5.32 Å². The molecule has 142 valence electrons. The van der Waals surface area contributed by atoms with Gasteiger partial charge in [0.25, 0.3) is 0 Å². The van der Waals surface area contributed by atoms with E-state index in [1.54, 1.807) is 29.7 Å². The Labute approximate surface area is 162 Å². The van der Waals surface area contributed by atoms with E-state index < -0.39 is 9.84 Å². The quantitative estimate of drug-likeness (QED) is 0.623. The first-order valence-electron chi connectivity index (χ1n) is 8.27. The average Bonchev–Trinajstić information content (AvgIpc) is 3.28. The van der Waals surface area contributed by atoms with Crippen molar-refractivity contribution in [3.8, 4) is 0 Å². The van der Waals surface area contributed by atoms with Crippen molar-refractivity contribution in [1.82, 2.24) is 4.90 Å². The highest BCUT2D eigenvalue weighted by Gasteiger charge is 2.15. The molecule has 1 N–H and O–H groups in total. The SMILES string of the molecule is CS(=O)(=O)c1cccc(NC(=O)CN(Cc2ccco2)Cc2cccs2)c1. The second-order valence-corrected chi connectivity index (χ2v) is 9.20. The summed E-state index contributed by atoms with van der Waals surface area (Å²) in [7, 11) is -3.33. The lowest BCUT2D eigenvalue weighted by Crippen LogP contribution is -2.32. The topological polar surface area (TPSA) is 79.6 Å². The van der Waals surface area contributed by atoms with Crippen molar-refractivity contribution < 1.29 is 17.6 Å². The van der Waals surface area contributed by atoms with E-state index in [4.69, 9.17) is 4.42 Å². The maximum absolute atomic E-state index is 12.5. The standard InChI is InChI=1S/C19H20N2O4S2/c1-27(23,24)18-8-2-5-15(11-18)20-19(22)14-21(12-16-6-3-9-25-16)13-17-7-4-10-26-17/h2-11H,12-14H2,1H3,(H,20,22). The van der Waals surface area contributed by atoms with Crippen molar-refractivity contribution in [2.24, 2.45) is 0 Å². The summed E-state index contributed by atoms with van der Waals surface area (Å²) < 4.78 is 28.7. The molecule has 0 saturated carbocycles. The molecule has 8 heteroatoms. The van der Waals surface area contributed by atoms with Gasteiger partial charge in [-0.15, -0.1) is 11.3 Å². The van der Waals surface area contributed by atoms with Crippen LogP contribution in [0, 0.1) is 0 Å². The molecule has 1 aromatic carbocycles. The number of hydrogen-bond acceptors (Lipinski definition) is 6. The fraction of sp³-hybridized carbons (Fsp3) is 0.211. The minimum Gasteiger partial charge on any atom is -0.468 e. The molecule has 1 amide bonds. The highest BCUT2D eigenvalue weighted by Crippen LogP contribution is 2.17. The van der Waals surface area contributed by atoms with Crippen LogP contribution in [-0.4, -0.2) is 32.0 Å². The minimum atomic E-state index is -3.33. The van der Waals surface area contributed by atoms with Crippen molar-refractivity contribution >= 4 is 32.8 Å². The average molecular weight is 405 g/mol. The van der Waals surface area contributed by atoms with Crippen LogP contribution in [0.5, 0.6) is 0 Å². The predicted molar refractivity (Wildman–Crippen MR) is 105 cm³/mol. The minimum absolute atomic E-state index is 0.154. The molecule has 3 aromatic rings. The summed E-state index contributed by atoms with van der Waals surface area (Å²) in [4.78, 5) is 15.8. The summed E-state index contributed by atoms with van der Waals surface area (Å²) in [6.07, 6.45) is 2.75. The second kappa shape index (κ2) is 8.51. The van der Waals surface area contributed by atoms with Crippen molar-refractivity contribution in [3.05, 3.63) is 70.8 Å². The molecule has 0 spiro atoms. The van der Waals surface area contributed by atoms with E-state index in [2.05, 4.69) is 5.32 Å². The number of hydrogen-bond donors (Lipinski definition) is 1. The number of rotatable bonds is 8. The van der Waals surface area contributed by atoms with Gasteiger partial charge in [0.05, 0.1) is 24.2 Å². The molecular weight excluding hydrogens is 384 g/mol. The summed E-state index contributed by atoms with van der Waals surface area (Å²) in [6.45, 7) is 1.28. The number of carbonyl (C=O) groups is 1. The maximum Gasteiger partial charge on any atom is 0.238 e. The predicted octanol–water partition coefficient (Wildman–Crippen LogP) is 3.39. The van der Waals surface area contributed by atoms with Crippen LogP contribution in [0.2, 0.25) is 0 Å². The number of carbonyl (C=O) groups excluding carboxylic acids is 1. The zero-order chi connectivity index (χ0) is 19.3. The maximum atomic E-state index is 12.5. The van der Waals surface area contributed by atoms with Gasteiger partial charge < -0.3 is 9.73 Å². The molecule has 0 aliphatic carbocycles. The number of thiophene rings is 1. The van der Waals surface area contributed by atoms with E-state index in [1.807, 2.05) is 34.5 Å². The Morgan fingerprint density at radius 1 is 1.15 bits per heavy atom. The fourth-order valence-electron chi connectivity index (χ4n) is 2.62. The zero-order valence-electron chi connectivity index (χ0n) is 14.8. The van der Waals surface area contributed by atoms with Crippen molar-refractivity contribution in [2.75, 3.05) is 18.1 Å².